The van der Waals surface area contributed by atoms with Gasteiger partial charge in [0.25, 0.3) is 0 Å². The van der Waals surface area contributed by atoms with Crippen molar-refractivity contribution in [3.8, 4) is 12.1 Å². The molecule has 4 nitrogen and oxygen atoms in total. The van der Waals surface area contributed by atoms with E-state index in [2.05, 4.69) is 60.1 Å². The standard InChI is InChI=1S/C20H28N4/c1-17(2)20-7-5-18(6-8-20)15-23-10-12-24(13-11-23)16-19(14-22)4-3-9-21/h5-8,17,19H,3-4,10-13,15-16H2,1-2H3/t19-/m1/s1. The van der Waals surface area contributed by atoms with Gasteiger partial charge in [0, 0.05) is 45.7 Å². The quantitative estimate of drug-likeness (QED) is 0.771. The smallest absolute Gasteiger partial charge is 0.0669 e. The summed E-state index contributed by atoms with van der Waals surface area (Å²) in [5, 5.41) is 17.9. The molecular weight excluding hydrogens is 296 g/mol. The molecule has 0 unspecified atom stereocenters. The van der Waals surface area contributed by atoms with Gasteiger partial charge in [0.15, 0.2) is 0 Å². The number of hydrogen-bond donors (Lipinski definition) is 0. The van der Waals surface area contributed by atoms with Gasteiger partial charge in [0.1, 0.15) is 0 Å². The van der Waals surface area contributed by atoms with Gasteiger partial charge in [-0.15, -0.1) is 0 Å². The van der Waals surface area contributed by atoms with Crippen molar-refractivity contribution >= 4 is 0 Å². The first-order chi connectivity index (χ1) is 11.6. The van der Waals surface area contributed by atoms with Crippen molar-refractivity contribution in [2.75, 3.05) is 32.7 Å². The summed E-state index contributed by atoms with van der Waals surface area (Å²) in [4.78, 5) is 4.85. The average molecular weight is 324 g/mol. The molecule has 1 saturated heterocycles. The molecule has 4 heteroatoms. The summed E-state index contributed by atoms with van der Waals surface area (Å²) in [5.74, 6) is 0.566. The molecule has 0 aliphatic carbocycles. The largest absolute Gasteiger partial charge is 0.299 e. The van der Waals surface area contributed by atoms with E-state index in [0.717, 1.165) is 39.3 Å². The minimum absolute atomic E-state index is 0.0141. The van der Waals surface area contributed by atoms with Crippen LogP contribution in [-0.2, 0) is 6.54 Å². The highest BCUT2D eigenvalue weighted by molar-refractivity contribution is 5.24. The van der Waals surface area contributed by atoms with Gasteiger partial charge >= 0.3 is 0 Å². The van der Waals surface area contributed by atoms with Crippen LogP contribution in [0.4, 0.5) is 0 Å². The molecule has 1 atom stereocenters. The maximum atomic E-state index is 9.19. The topological polar surface area (TPSA) is 54.1 Å². The Balaban J connectivity index is 1.76. The van der Waals surface area contributed by atoms with E-state index in [1.807, 2.05) is 0 Å². The van der Waals surface area contributed by atoms with Crippen molar-refractivity contribution < 1.29 is 0 Å². The SMILES string of the molecule is CC(C)c1ccc(CN2CCN(C[C@@H](C#N)CCC#N)CC2)cc1. The first-order valence-electron chi connectivity index (χ1n) is 8.92. The Morgan fingerprint density at radius 2 is 1.62 bits per heavy atom. The summed E-state index contributed by atoms with van der Waals surface area (Å²) < 4.78 is 0. The minimum Gasteiger partial charge on any atom is -0.299 e. The zero-order chi connectivity index (χ0) is 17.4. The molecule has 0 saturated carbocycles. The van der Waals surface area contributed by atoms with E-state index in [4.69, 9.17) is 5.26 Å². The molecule has 2 rings (SSSR count). The Morgan fingerprint density at radius 1 is 1.00 bits per heavy atom. The van der Waals surface area contributed by atoms with E-state index in [1.54, 1.807) is 0 Å². The van der Waals surface area contributed by atoms with Crippen molar-refractivity contribution in [2.24, 2.45) is 5.92 Å². The van der Waals surface area contributed by atoms with Crippen molar-refractivity contribution in [1.82, 2.24) is 9.80 Å². The lowest BCUT2D eigenvalue weighted by Gasteiger charge is -2.35. The summed E-state index contributed by atoms with van der Waals surface area (Å²) in [6, 6.07) is 13.4. The molecule has 0 aromatic heterocycles. The van der Waals surface area contributed by atoms with Crippen molar-refractivity contribution in [1.29, 1.82) is 10.5 Å². The molecule has 1 aliphatic heterocycles. The molecule has 24 heavy (non-hydrogen) atoms. The fourth-order valence-electron chi connectivity index (χ4n) is 3.14. The fraction of sp³-hybridized carbons (Fsp3) is 0.600. The second-order valence-electron chi connectivity index (χ2n) is 7.00. The van der Waals surface area contributed by atoms with Crippen molar-refractivity contribution in [3.05, 3.63) is 35.4 Å². The summed E-state index contributed by atoms with van der Waals surface area (Å²) >= 11 is 0. The summed E-state index contributed by atoms with van der Waals surface area (Å²) in [6.45, 7) is 10.4. The number of benzene rings is 1. The lowest BCUT2D eigenvalue weighted by Crippen LogP contribution is -2.47. The zero-order valence-electron chi connectivity index (χ0n) is 14.9. The van der Waals surface area contributed by atoms with Crippen LogP contribution in [0, 0.1) is 28.6 Å². The van der Waals surface area contributed by atoms with Crippen LogP contribution in [0.2, 0.25) is 0 Å². The maximum Gasteiger partial charge on any atom is 0.0669 e. The van der Waals surface area contributed by atoms with Gasteiger partial charge in [0.05, 0.1) is 18.1 Å². The lowest BCUT2D eigenvalue weighted by molar-refractivity contribution is 0.118. The Kier molecular flexibility index (Phi) is 7.25. The molecule has 1 heterocycles. The third-order valence-corrected chi connectivity index (χ3v) is 4.78. The molecule has 128 valence electrons. The summed E-state index contributed by atoms with van der Waals surface area (Å²) in [7, 11) is 0. The van der Waals surface area contributed by atoms with E-state index >= 15 is 0 Å². The summed E-state index contributed by atoms with van der Waals surface area (Å²) in [5.41, 5.74) is 2.76. The van der Waals surface area contributed by atoms with E-state index in [9.17, 15) is 5.26 Å². The first kappa shape index (κ1) is 18.5. The molecule has 1 aromatic carbocycles. The van der Waals surface area contributed by atoms with Gasteiger partial charge in [0.2, 0.25) is 0 Å². The third kappa shape index (κ3) is 5.64. The van der Waals surface area contributed by atoms with Crippen LogP contribution in [0.5, 0.6) is 0 Å². The van der Waals surface area contributed by atoms with E-state index in [-0.39, 0.29) is 5.92 Å². The molecular formula is C20H28N4. The maximum absolute atomic E-state index is 9.19. The Bertz CT molecular complexity index is 571. The number of nitriles is 2. The number of rotatable bonds is 7. The van der Waals surface area contributed by atoms with Gasteiger partial charge in [-0.3, -0.25) is 9.80 Å². The minimum atomic E-state index is -0.0141. The van der Waals surface area contributed by atoms with Gasteiger partial charge < -0.3 is 0 Å². The highest BCUT2D eigenvalue weighted by atomic mass is 15.3. The van der Waals surface area contributed by atoms with Crippen LogP contribution in [-0.4, -0.2) is 42.5 Å². The molecule has 0 amide bonds. The number of hydrogen-bond acceptors (Lipinski definition) is 4. The Hall–Kier alpha value is -1.88. The molecule has 0 spiro atoms. The van der Waals surface area contributed by atoms with E-state index in [0.29, 0.717) is 18.8 Å². The molecule has 0 radical (unpaired) electrons. The van der Waals surface area contributed by atoms with Gasteiger partial charge in [-0.25, -0.2) is 0 Å². The lowest BCUT2D eigenvalue weighted by atomic mass is 10.0. The van der Waals surface area contributed by atoms with Crippen molar-refractivity contribution in [3.63, 3.8) is 0 Å². The Labute approximate surface area is 146 Å². The molecule has 1 aromatic rings. The first-order valence-corrected chi connectivity index (χ1v) is 8.92. The van der Waals surface area contributed by atoms with Crippen LogP contribution in [0.3, 0.4) is 0 Å². The van der Waals surface area contributed by atoms with Gasteiger partial charge in [-0.1, -0.05) is 38.1 Å². The zero-order valence-corrected chi connectivity index (χ0v) is 14.9. The van der Waals surface area contributed by atoms with Crippen LogP contribution in [0.1, 0.15) is 43.7 Å². The van der Waals surface area contributed by atoms with Crippen LogP contribution >= 0.6 is 0 Å². The molecule has 1 aliphatic rings. The van der Waals surface area contributed by atoms with Crippen LogP contribution < -0.4 is 0 Å². The normalized spacial score (nSPS) is 17.4. The number of piperazine rings is 1. The third-order valence-electron chi connectivity index (χ3n) is 4.78. The van der Waals surface area contributed by atoms with Crippen LogP contribution in [0.25, 0.3) is 0 Å². The van der Waals surface area contributed by atoms with E-state index in [1.165, 1.54) is 11.1 Å². The second-order valence-corrected chi connectivity index (χ2v) is 7.00. The van der Waals surface area contributed by atoms with Crippen molar-refractivity contribution in [2.45, 2.75) is 39.2 Å². The second kappa shape index (κ2) is 9.42. The predicted octanol–water partition coefficient (Wildman–Crippen LogP) is 3.37. The van der Waals surface area contributed by atoms with Crippen LogP contribution in [0.15, 0.2) is 24.3 Å². The predicted molar refractivity (Wildman–Crippen MR) is 96.2 cm³/mol. The summed E-state index contributed by atoms with van der Waals surface area (Å²) in [6.07, 6.45) is 1.17. The molecule has 0 N–H and O–H groups in total. The van der Waals surface area contributed by atoms with Gasteiger partial charge in [-0.05, 0) is 23.5 Å². The fourth-order valence-corrected chi connectivity index (χ4v) is 3.14. The monoisotopic (exact) mass is 324 g/mol. The van der Waals surface area contributed by atoms with Gasteiger partial charge in [-0.2, -0.15) is 10.5 Å². The number of nitrogens with zero attached hydrogens (tertiary/aromatic N) is 4. The highest BCUT2D eigenvalue weighted by Gasteiger charge is 2.20. The Morgan fingerprint density at radius 3 is 2.17 bits per heavy atom. The highest BCUT2D eigenvalue weighted by Crippen LogP contribution is 2.17. The average Bonchev–Trinajstić information content (AvgIpc) is 2.60. The molecule has 1 fully saturated rings. The van der Waals surface area contributed by atoms with E-state index < -0.39 is 0 Å². The molecule has 0 bridgehead atoms.